The van der Waals surface area contributed by atoms with Gasteiger partial charge < -0.3 is 19.9 Å². The molecule has 0 bridgehead atoms. The number of amides is 2. The van der Waals surface area contributed by atoms with Gasteiger partial charge >= 0.3 is 0 Å². The summed E-state index contributed by atoms with van der Waals surface area (Å²) in [5.74, 6) is 1.40. The molecule has 1 aliphatic heterocycles. The maximum Gasteiger partial charge on any atom is 0.251 e. The van der Waals surface area contributed by atoms with Crippen molar-refractivity contribution in [2.75, 3.05) is 38.2 Å². The second kappa shape index (κ2) is 8.33. The first-order valence-corrected chi connectivity index (χ1v) is 8.51. The second-order valence-electron chi connectivity index (χ2n) is 6.06. The first-order valence-electron chi connectivity index (χ1n) is 8.51. The Morgan fingerprint density at radius 2 is 1.92 bits per heavy atom. The number of ether oxygens (including phenoxy) is 1. The van der Waals surface area contributed by atoms with Crippen LogP contribution in [-0.4, -0.2) is 55.5 Å². The minimum absolute atomic E-state index is 0.143. The van der Waals surface area contributed by atoms with Crippen LogP contribution in [0.1, 0.15) is 15.9 Å². The van der Waals surface area contributed by atoms with Crippen molar-refractivity contribution >= 4 is 18.1 Å². The molecule has 1 fully saturated rings. The Morgan fingerprint density at radius 3 is 2.58 bits per heavy atom. The fourth-order valence-electron chi connectivity index (χ4n) is 2.82. The number of hydrogen-bond donors (Lipinski definition) is 1. The van der Waals surface area contributed by atoms with Gasteiger partial charge in [0.05, 0.1) is 7.11 Å². The quantitative estimate of drug-likeness (QED) is 0.792. The standard InChI is InChI=1S/C19H22N4O3/c1-26-17-4-2-15(3-5-17)13-21-19(25)16-6-7-20-18(12-16)23-10-8-22(14-24)9-11-23/h2-7,12,14H,8-11,13H2,1H3,(H,21,25). The van der Waals surface area contributed by atoms with E-state index in [1.807, 2.05) is 24.3 Å². The van der Waals surface area contributed by atoms with Gasteiger partial charge in [0.15, 0.2) is 0 Å². The van der Waals surface area contributed by atoms with Crippen LogP contribution >= 0.6 is 0 Å². The average molecular weight is 354 g/mol. The van der Waals surface area contributed by atoms with Gasteiger partial charge in [0, 0.05) is 44.5 Å². The van der Waals surface area contributed by atoms with Gasteiger partial charge in [0.25, 0.3) is 5.91 Å². The van der Waals surface area contributed by atoms with E-state index in [0.29, 0.717) is 38.3 Å². The van der Waals surface area contributed by atoms with Crippen molar-refractivity contribution in [3.8, 4) is 5.75 Å². The largest absolute Gasteiger partial charge is 0.497 e. The summed E-state index contributed by atoms with van der Waals surface area (Å²) in [6, 6.07) is 11.1. The highest BCUT2D eigenvalue weighted by atomic mass is 16.5. The zero-order chi connectivity index (χ0) is 18.4. The summed E-state index contributed by atoms with van der Waals surface area (Å²) in [5, 5.41) is 2.92. The van der Waals surface area contributed by atoms with Crippen LogP contribution in [0, 0.1) is 0 Å². The molecule has 136 valence electrons. The number of anilines is 1. The van der Waals surface area contributed by atoms with Crippen LogP contribution in [0.15, 0.2) is 42.6 Å². The van der Waals surface area contributed by atoms with Gasteiger partial charge in [-0.25, -0.2) is 4.98 Å². The fourth-order valence-corrected chi connectivity index (χ4v) is 2.82. The highest BCUT2D eigenvalue weighted by molar-refractivity contribution is 5.94. The third-order valence-electron chi connectivity index (χ3n) is 4.41. The number of nitrogens with one attached hydrogen (secondary N) is 1. The molecule has 1 aromatic carbocycles. The van der Waals surface area contributed by atoms with E-state index in [4.69, 9.17) is 4.74 Å². The summed E-state index contributed by atoms with van der Waals surface area (Å²) in [4.78, 5) is 31.4. The summed E-state index contributed by atoms with van der Waals surface area (Å²) >= 11 is 0. The molecule has 3 rings (SSSR count). The minimum atomic E-state index is -0.143. The zero-order valence-electron chi connectivity index (χ0n) is 14.7. The van der Waals surface area contributed by atoms with Gasteiger partial charge in [-0.05, 0) is 29.8 Å². The highest BCUT2D eigenvalue weighted by Crippen LogP contribution is 2.15. The van der Waals surface area contributed by atoms with Crippen LogP contribution in [0.5, 0.6) is 5.75 Å². The van der Waals surface area contributed by atoms with Crippen molar-refractivity contribution in [3.05, 3.63) is 53.7 Å². The molecule has 1 aliphatic rings. The Balaban J connectivity index is 1.60. The second-order valence-corrected chi connectivity index (χ2v) is 6.06. The highest BCUT2D eigenvalue weighted by Gasteiger charge is 2.17. The zero-order valence-corrected chi connectivity index (χ0v) is 14.7. The first kappa shape index (κ1) is 17.7. The molecule has 0 radical (unpaired) electrons. The Kier molecular flexibility index (Phi) is 5.68. The summed E-state index contributed by atoms with van der Waals surface area (Å²) in [5.41, 5.74) is 1.57. The molecule has 7 heteroatoms. The Bertz CT molecular complexity index is 756. The number of piperazine rings is 1. The SMILES string of the molecule is COc1ccc(CNC(=O)c2ccnc(N3CCN(C=O)CC3)c2)cc1. The van der Waals surface area contributed by atoms with Crippen LogP contribution in [0.2, 0.25) is 0 Å². The monoisotopic (exact) mass is 354 g/mol. The Labute approximate surface area is 152 Å². The number of carbonyl (C=O) groups is 2. The van der Waals surface area contributed by atoms with E-state index in [-0.39, 0.29) is 5.91 Å². The summed E-state index contributed by atoms with van der Waals surface area (Å²) < 4.78 is 5.13. The van der Waals surface area contributed by atoms with E-state index in [1.165, 1.54) is 0 Å². The lowest BCUT2D eigenvalue weighted by atomic mass is 10.2. The number of aromatic nitrogens is 1. The van der Waals surface area contributed by atoms with Crippen molar-refractivity contribution in [1.29, 1.82) is 0 Å². The topological polar surface area (TPSA) is 74.8 Å². The van der Waals surface area contributed by atoms with E-state index in [0.717, 1.165) is 23.5 Å². The van der Waals surface area contributed by atoms with Crippen molar-refractivity contribution in [1.82, 2.24) is 15.2 Å². The lowest BCUT2D eigenvalue weighted by molar-refractivity contribution is -0.118. The van der Waals surface area contributed by atoms with E-state index >= 15 is 0 Å². The number of methoxy groups -OCH3 is 1. The lowest BCUT2D eigenvalue weighted by Gasteiger charge is -2.33. The predicted molar refractivity (Wildman–Crippen MR) is 98.3 cm³/mol. The van der Waals surface area contributed by atoms with Crippen molar-refractivity contribution in [2.24, 2.45) is 0 Å². The third kappa shape index (κ3) is 4.30. The van der Waals surface area contributed by atoms with Crippen LogP contribution in [0.3, 0.4) is 0 Å². The van der Waals surface area contributed by atoms with Gasteiger partial charge in [0.1, 0.15) is 11.6 Å². The average Bonchev–Trinajstić information content (AvgIpc) is 2.72. The normalized spacial score (nSPS) is 14.0. The molecule has 7 nitrogen and oxygen atoms in total. The molecule has 2 aromatic rings. The van der Waals surface area contributed by atoms with Crippen LogP contribution < -0.4 is 15.0 Å². The number of carbonyl (C=O) groups excluding carboxylic acids is 2. The van der Waals surface area contributed by atoms with Gasteiger partial charge in [-0.15, -0.1) is 0 Å². The summed E-state index contributed by atoms with van der Waals surface area (Å²) in [7, 11) is 1.62. The van der Waals surface area contributed by atoms with Gasteiger partial charge in [-0.3, -0.25) is 9.59 Å². The lowest BCUT2D eigenvalue weighted by Crippen LogP contribution is -2.46. The number of pyridine rings is 1. The number of rotatable bonds is 6. The number of benzene rings is 1. The molecular weight excluding hydrogens is 332 g/mol. The third-order valence-corrected chi connectivity index (χ3v) is 4.41. The molecule has 2 amide bonds. The van der Waals surface area contributed by atoms with Crippen molar-refractivity contribution in [3.63, 3.8) is 0 Å². The van der Waals surface area contributed by atoms with E-state index in [9.17, 15) is 9.59 Å². The maximum atomic E-state index is 12.4. The molecule has 0 unspecified atom stereocenters. The molecule has 26 heavy (non-hydrogen) atoms. The van der Waals surface area contributed by atoms with Crippen LogP contribution in [0.25, 0.3) is 0 Å². The minimum Gasteiger partial charge on any atom is -0.497 e. The van der Waals surface area contributed by atoms with Crippen molar-refractivity contribution < 1.29 is 14.3 Å². The molecule has 0 spiro atoms. The molecule has 1 saturated heterocycles. The molecule has 1 N–H and O–H groups in total. The molecule has 0 atom stereocenters. The molecule has 0 saturated carbocycles. The molecule has 0 aliphatic carbocycles. The predicted octanol–water partition coefficient (Wildman–Crippen LogP) is 1.30. The Hall–Kier alpha value is -3.09. The van der Waals surface area contributed by atoms with Gasteiger partial charge in [-0.2, -0.15) is 0 Å². The molecule has 2 heterocycles. The smallest absolute Gasteiger partial charge is 0.251 e. The van der Waals surface area contributed by atoms with E-state index in [2.05, 4.69) is 15.2 Å². The maximum absolute atomic E-state index is 12.4. The first-order chi connectivity index (χ1) is 12.7. The summed E-state index contributed by atoms with van der Waals surface area (Å²) in [6.07, 6.45) is 2.51. The fraction of sp³-hybridized carbons (Fsp3) is 0.316. The number of nitrogens with zero attached hydrogens (tertiary/aromatic N) is 3. The number of hydrogen-bond acceptors (Lipinski definition) is 5. The van der Waals surface area contributed by atoms with Crippen LogP contribution in [-0.2, 0) is 11.3 Å². The molecule has 1 aromatic heterocycles. The van der Waals surface area contributed by atoms with Crippen molar-refractivity contribution in [2.45, 2.75) is 6.54 Å². The van der Waals surface area contributed by atoms with Crippen LogP contribution in [0.4, 0.5) is 5.82 Å². The Morgan fingerprint density at radius 1 is 1.19 bits per heavy atom. The van der Waals surface area contributed by atoms with E-state index in [1.54, 1.807) is 30.3 Å². The summed E-state index contributed by atoms with van der Waals surface area (Å²) in [6.45, 7) is 3.20. The van der Waals surface area contributed by atoms with Gasteiger partial charge in [0.2, 0.25) is 6.41 Å². The van der Waals surface area contributed by atoms with Gasteiger partial charge in [-0.1, -0.05) is 12.1 Å². The van der Waals surface area contributed by atoms with E-state index < -0.39 is 0 Å². The molecular formula is C19H22N4O3.